The van der Waals surface area contributed by atoms with Crippen molar-refractivity contribution in [2.24, 2.45) is 0 Å². The van der Waals surface area contributed by atoms with E-state index in [9.17, 15) is 0 Å². The molecule has 1 aliphatic rings. The Bertz CT molecular complexity index is 954. The van der Waals surface area contributed by atoms with E-state index in [2.05, 4.69) is 9.97 Å². The first kappa shape index (κ1) is 17.1. The van der Waals surface area contributed by atoms with Gasteiger partial charge < -0.3 is 5.73 Å². The molecule has 4 nitrogen and oxygen atoms in total. The molecule has 2 N–H and O–H groups in total. The highest BCUT2D eigenvalue weighted by Gasteiger charge is 2.30. The predicted molar refractivity (Wildman–Crippen MR) is 107 cm³/mol. The summed E-state index contributed by atoms with van der Waals surface area (Å²) in [5.41, 5.74) is 8.73. The maximum absolute atomic E-state index is 6.47. The summed E-state index contributed by atoms with van der Waals surface area (Å²) in [5, 5.41) is 2.78. The number of nitrogens with zero attached hydrogens (tertiary/aromatic N) is 3. The predicted octanol–water partition coefficient (Wildman–Crippen LogP) is 5.76. The van der Waals surface area contributed by atoms with Gasteiger partial charge >= 0.3 is 0 Å². The molecule has 0 radical (unpaired) electrons. The second-order valence-electron chi connectivity index (χ2n) is 5.76. The number of thioether (sulfide) groups is 1. The fourth-order valence-corrected chi connectivity index (χ4v) is 4.65. The van der Waals surface area contributed by atoms with Crippen molar-refractivity contribution in [3.05, 3.63) is 39.4 Å². The lowest BCUT2D eigenvalue weighted by Crippen LogP contribution is -1.93. The first-order valence-electron chi connectivity index (χ1n) is 7.70. The number of halogens is 2. The van der Waals surface area contributed by atoms with Crippen molar-refractivity contribution >= 4 is 52.0 Å². The summed E-state index contributed by atoms with van der Waals surface area (Å²) in [7, 11) is 0. The van der Waals surface area contributed by atoms with Gasteiger partial charge in [-0.15, -0.1) is 11.3 Å². The van der Waals surface area contributed by atoms with E-state index < -0.39 is 0 Å². The largest absolute Gasteiger partial charge is 0.398 e. The smallest absolute Gasteiger partial charge is 0.187 e. The van der Waals surface area contributed by atoms with Gasteiger partial charge in [0.05, 0.1) is 37.0 Å². The molecule has 2 aromatic heterocycles. The van der Waals surface area contributed by atoms with Crippen LogP contribution in [0.2, 0.25) is 10.0 Å². The quantitative estimate of drug-likeness (QED) is 0.337. The lowest BCUT2D eigenvalue weighted by Gasteiger charge is -2.09. The van der Waals surface area contributed by atoms with Crippen LogP contribution in [0.5, 0.6) is 0 Å². The third kappa shape index (κ3) is 3.24. The van der Waals surface area contributed by atoms with E-state index in [0.717, 1.165) is 26.4 Å². The third-order valence-electron chi connectivity index (χ3n) is 3.98. The van der Waals surface area contributed by atoms with Crippen LogP contribution < -0.4 is 5.73 Å². The average molecular weight is 409 g/mol. The van der Waals surface area contributed by atoms with Crippen molar-refractivity contribution in [1.82, 2.24) is 15.0 Å². The van der Waals surface area contributed by atoms with E-state index in [-0.39, 0.29) is 0 Å². The molecule has 2 heterocycles. The van der Waals surface area contributed by atoms with Gasteiger partial charge in [-0.2, -0.15) is 0 Å². The number of rotatable bonds is 4. The molecule has 0 bridgehead atoms. The summed E-state index contributed by atoms with van der Waals surface area (Å²) >= 11 is 16.1. The van der Waals surface area contributed by atoms with Crippen LogP contribution in [0.4, 0.5) is 5.69 Å². The highest BCUT2D eigenvalue weighted by molar-refractivity contribution is 7.98. The number of anilines is 1. The van der Waals surface area contributed by atoms with E-state index in [1.54, 1.807) is 29.7 Å². The molecule has 0 atom stereocenters. The minimum Gasteiger partial charge on any atom is -0.398 e. The molecule has 0 amide bonds. The first-order valence-corrected chi connectivity index (χ1v) is 10.5. The molecule has 8 heteroatoms. The summed E-state index contributed by atoms with van der Waals surface area (Å²) in [6, 6.07) is 5.35. The van der Waals surface area contributed by atoms with Crippen molar-refractivity contribution in [2.75, 3.05) is 12.0 Å². The Labute approximate surface area is 163 Å². The maximum atomic E-state index is 6.47. The Morgan fingerprint density at radius 1 is 1.20 bits per heavy atom. The minimum absolute atomic E-state index is 0.431. The van der Waals surface area contributed by atoms with Gasteiger partial charge in [0.1, 0.15) is 0 Å². The molecule has 3 aromatic rings. The fraction of sp³-hybridized carbons (Fsp3) is 0.235. The molecule has 0 spiro atoms. The highest BCUT2D eigenvalue weighted by Crippen LogP contribution is 2.49. The Morgan fingerprint density at radius 2 is 2.00 bits per heavy atom. The van der Waals surface area contributed by atoms with Crippen LogP contribution in [0.3, 0.4) is 0 Å². The van der Waals surface area contributed by atoms with E-state index in [0.29, 0.717) is 27.2 Å². The van der Waals surface area contributed by atoms with Gasteiger partial charge in [0.15, 0.2) is 5.16 Å². The van der Waals surface area contributed by atoms with Gasteiger partial charge in [-0.1, -0.05) is 35.0 Å². The number of benzene rings is 1. The number of hydrogen-bond acceptors (Lipinski definition) is 6. The monoisotopic (exact) mass is 408 g/mol. The number of aromatic nitrogens is 3. The van der Waals surface area contributed by atoms with Crippen LogP contribution in [0.1, 0.15) is 23.8 Å². The van der Waals surface area contributed by atoms with Crippen LogP contribution in [0, 0.1) is 0 Å². The van der Waals surface area contributed by atoms with Crippen LogP contribution in [-0.4, -0.2) is 21.2 Å². The zero-order valence-electron chi connectivity index (χ0n) is 13.3. The first-order chi connectivity index (χ1) is 12.1. The number of hydrogen-bond donors (Lipinski definition) is 1. The van der Waals surface area contributed by atoms with Crippen LogP contribution in [-0.2, 0) is 0 Å². The van der Waals surface area contributed by atoms with Gasteiger partial charge in [0.25, 0.3) is 0 Å². The van der Waals surface area contributed by atoms with Gasteiger partial charge in [-0.3, -0.25) is 0 Å². The van der Waals surface area contributed by atoms with Crippen LogP contribution >= 0.6 is 46.3 Å². The van der Waals surface area contributed by atoms with Gasteiger partial charge in [-0.25, -0.2) is 15.0 Å². The molecule has 1 fully saturated rings. The van der Waals surface area contributed by atoms with E-state index in [4.69, 9.17) is 33.9 Å². The summed E-state index contributed by atoms with van der Waals surface area (Å²) in [6.45, 7) is 0. The third-order valence-corrected chi connectivity index (χ3v) is 6.50. The van der Waals surface area contributed by atoms with Gasteiger partial charge in [0, 0.05) is 17.7 Å². The minimum atomic E-state index is 0.431. The molecule has 0 aliphatic heterocycles. The lowest BCUT2D eigenvalue weighted by molar-refractivity contribution is 0.978. The van der Waals surface area contributed by atoms with Crippen molar-refractivity contribution in [2.45, 2.75) is 23.9 Å². The summed E-state index contributed by atoms with van der Waals surface area (Å²) in [6.07, 6.45) is 6.06. The molecular weight excluding hydrogens is 395 g/mol. The standard InChI is InChI=1S/C17H14Cl2N4S2/c1-24-17-21-7-6-11(22-17)15-14(23-16(25-15)8-2-3-8)12-9(18)4-5-10(20)13(12)19/h4-8H,2-3,20H2,1H3. The highest BCUT2D eigenvalue weighted by atomic mass is 35.5. The topological polar surface area (TPSA) is 64.7 Å². The Balaban J connectivity index is 1.95. The Hall–Kier alpha value is -1.34. The SMILES string of the molecule is CSc1nccc(-c2sc(C3CC3)nc2-c2c(Cl)ccc(N)c2Cl)n1. The van der Waals surface area contributed by atoms with Crippen LogP contribution in [0.25, 0.3) is 21.8 Å². The Kier molecular flexibility index (Phi) is 4.62. The van der Waals surface area contributed by atoms with E-state index >= 15 is 0 Å². The lowest BCUT2D eigenvalue weighted by atomic mass is 10.1. The molecule has 4 rings (SSSR count). The summed E-state index contributed by atoms with van der Waals surface area (Å²) < 4.78 is 0. The van der Waals surface area contributed by atoms with E-state index in [1.165, 1.54) is 24.6 Å². The van der Waals surface area contributed by atoms with Crippen molar-refractivity contribution in [3.63, 3.8) is 0 Å². The maximum Gasteiger partial charge on any atom is 0.187 e. The van der Waals surface area contributed by atoms with E-state index in [1.807, 2.05) is 12.3 Å². The molecule has 1 aliphatic carbocycles. The average Bonchev–Trinajstić information content (AvgIpc) is 3.39. The zero-order valence-corrected chi connectivity index (χ0v) is 16.4. The molecule has 128 valence electrons. The summed E-state index contributed by atoms with van der Waals surface area (Å²) in [5.74, 6) is 0.526. The zero-order chi connectivity index (χ0) is 17.6. The van der Waals surface area contributed by atoms with Crippen molar-refractivity contribution in [3.8, 4) is 21.8 Å². The fourth-order valence-electron chi connectivity index (χ4n) is 2.54. The second kappa shape index (κ2) is 6.76. The number of nitrogen functional groups attached to an aromatic ring is 1. The molecular formula is C17H14Cl2N4S2. The van der Waals surface area contributed by atoms with Gasteiger partial charge in [0.2, 0.25) is 0 Å². The molecule has 25 heavy (non-hydrogen) atoms. The van der Waals surface area contributed by atoms with Crippen LogP contribution in [0.15, 0.2) is 29.6 Å². The van der Waals surface area contributed by atoms with Gasteiger partial charge in [-0.05, 0) is 37.3 Å². The summed E-state index contributed by atoms with van der Waals surface area (Å²) in [4.78, 5) is 14.7. The number of nitrogens with two attached hydrogens (primary N) is 1. The number of thiazole rings is 1. The molecule has 1 saturated carbocycles. The van der Waals surface area contributed by atoms with Crippen molar-refractivity contribution < 1.29 is 0 Å². The Morgan fingerprint density at radius 3 is 2.72 bits per heavy atom. The molecule has 0 unspecified atom stereocenters. The second-order valence-corrected chi connectivity index (χ2v) is 8.35. The molecule has 0 saturated heterocycles. The molecule has 1 aromatic carbocycles. The normalized spacial score (nSPS) is 14.0. The van der Waals surface area contributed by atoms with Crippen molar-refractivity contribution in [1.29, 1.82) is 0 Å².